The molecule has 0 unspecified atom stereocenters. The van der Waals surface area contributed by atoms with E-state index in [0.717, 1.165) is 11.3 Å². The third-order valence-electron chi connectivity index (χ3n) is 6.59. The second-order valence-corrected chi connectivity index (χ2v) is 8.54. The summed E-state index contributed by atoms with van der Waals surface area (Å²) in [5.74, 6) is -0.152. The highest BCUT2D eigenvalue weighted by atomic mass is 16.2. The highest BCUT2D eigenvalue weighted by molar-refractivity contribution is 5.95. The second kappa shape index (κ2) is 7.33. The number of nitrogens with zero attached hydrogens (tertiary/aromatic N) is 7. The van der Waals surface area contributed by atoms with E-state index < -0.39 is 5.41 Å². The fourth-order valence-corrected chi connectivity index (χ4v) is 4.99. The summed E-state index contributed by atoms with van der Waals surface area (Å²) in [7, 11) is 3.67. The van der Waals surface area contributed by atoms with Crippen LogP contribution in [0.1, 0.15) is 34.1 Å². The number of carbonyl (C=O) groups is 2. The number of imidazole rings is 1. The molecule has 2 aliphatic rings. The molecule has 2 atom stereocenters. The minimum Gasteiger partial charge on any atom is -0.340 e. The first-order valence-corrected chi connectivity index (χ1v) is 10.4. The minimum atomic E-state index is -0.662. The summed E-state index contributed by atoms with van der Waals surface area (Å²) in [5, 5.41) is 4.12. The molecule has 0 radical (unpaired) electrons. The topological polar surface area (TPSA) is 89.2 Å². The first kappa shape index (κ1) is 19.5. The smallest absolute Gasteiger partial charge is 0.272 e. The monoisotopic (exact) mass is 419 g/mol. The fraction of sp³-hybridized carbons (Fsp3) is 0.409. The molecule has 0 N–H and O–H groups in total. The van der Waals surface area contributed by atoms with Crippen LogP contribution in [0.3, 0.4) is 0 Å². The number of aryl methyl sites for hydroxylation is 2. The van der Waals surface area contributed by atoms with Gasteiger partial charge in [-0.15, -0.1) is 0 Å². The highest BCUT2D eigenvalue weighted by Crippen LogP contribution is 2.50. The van der Waals surface area contributed by atoms with Crippen molar-refractivity contribution in [1.82, 2.24) is 34.1 Å². The van der Waals surface area contributed by atoms with E-state index in [9.17, 15) is 9.59 Å². The van der Waals surface area contributed by atoms with Crippen LogP contribution in [0.4, 0.5) is 0 Å². The van der Waals surface area contributed by atoms with E-state index in [1.54, 1.807) is 47.6 Å². The zero-order valence-electron chi connectivity index (χ0n) is 17.7. The largest absolute Gasteiger partial charge is 0.340 e. The molecule has 2 amide bonds. The van der Waals surface area contributed by atoms with E-state index in [0.29, 0.717) is 38.3 Å². The van der Waals surface area contributed by atoms with Crippen molar-refractivity contribution in [1.29, 1.82) is 0 Å². The van der Waals surface area contributed by atoms with Gasteiger partial charge in [0.25, 0.3) is 5.91 Å². The van der Waals surface area contributed by atoms with Gasteiger partial charge in [0.05, 0.1) is 17.4 Å². The maximum absolute atomic E-state index is 13.8. The van der Waals surface area contributed by atoms with Crippen molar-refractivity contribution >= 4 is 11.8 Å². The zero-order chi connectivity index (χ0) is 21.6. The third kappa shape index (κ3) is 3.20. The Balaban J connectivity index is 1.46. The van der Waals surface area contributed by atoms with Crippen molar-refractivity contribution in [2.24, 2.45) is 19.5 Å². The number of rotatable bonds is 4. The molecule has 0 aliphatic carbocycles. The van der Waals surface area contributed by atoms with Gasteiger partial charge in [-0.3, -0.25) is 19.3 Å². The van der Waals surface area contributed by atoms with Crippen LogP contribution in [0.5, 0.6) is 0 Å². The van der Waals surface area contributed by atoms with Crippen LogP contribution in [-0.4, -0.2) is 65.6 Å². The highest BCUT2D eigenvalue weighted by Gasteiger charge is 2.58. The summed E-state index contributed by atoms with van der Waals surface area (Å²) in [4.78, 5) is 39.4. The molecular formula is C22H25N7O2. The molecule has 160 valence electrons. The lowest BCUT2D eigenvalue weighted by Gasteiger charge is -2.27. The van der Waals surface area contributed by atoms with Gasteiger partial charge in [-0.1, -0.05) is 6.07 Å². The van der Waals surface area contributed by atoms with Gasteiger partial charge in [0.15, 0.2) is 0 Å². The average molecular weight is 419 g/mol. The molecule has 2 fully saturated rings. The Morgan fingerprint density at radius 2 is 2.13 bits per heavy atom. The number of hydrogen-bond donors (Lipinski definition) is 0. The molecular weight excluding hydrogens is 394 g/mol. The number of amides is 2. The van der Waals surface area contributed by atoms with Gasteiger partial charge < -0.3 is 14.4 Å². The predicted molar refractivity (Wildman–Crippen MR) is 112 cm³/mol. The lowest BCUT2D eigenvalue weighted by atomic mass is 9.75. The van der Waals surface area contributed by atoms with Gasteiger partial charge in [-0.2, -0.15) is 5.10 Å². The lowest BCUT2D eigenvalue weighted by molar-refractivity contribution is -0.136. The van der Waals surface area contributed by atoms with E-state index in [-0.39, 0.29) is 17.7 Å². The summed E-state index contributed by atoms with van der Waals surface area (Å²) < 4.78 is 3.47. The van der Waals surface area contributed by atoms with Gasteiger partial charge in [-0.25, -0.2) is 4.98 Å². The van der Waals surface area contributed by atoms with Crippen molar-refractivity contribution in [3.05, 3.63) is 66.3 Å². The van der Waals surface area contributed by atoms with Crippen LogP contribution in [0, 0.1) is 5.41 Å². The molecule has 9 heteroatoms. The summed E-state index contributed by atoms with van der Waals surface area (Å²) in [5.41, 5.74) is 1.72. The van der Waals surface area contributed by atoms with Crippen LogP contribution in [0.15, 0.2) is 49.3 Å². The average Bonchev–Trinajstić information content (AvgIpc) is 3.54. The van der Waals surface area contributed by atoms with Gasteiger partial charge in [0.2, 0.25) is 5.91 Å². The number of likely N-dealkylation sites (tertiary alicyclic amines) is 2. The Morgan fingerprint density at radius 3 is 2.81 bits per heavy atom. The molecule has 5 heterocycles. The van der Waals surface area contributed by atoms with Crippen molar-refractivity contribution in [3.8, 4) is 0 Å². The Hall–Kier alpha value is -3.49. The number of aromatic nitrogens is 5. The van der Waals surface area contributed by atoms with E-state index >= 15 is 0 Å². The maximum Gasteiger partial charge on any atom is 0.272 e. The zero-order valence-corrected chi connectivity index (χ0v) is 17.7. The normalized spacial score (nSPS) is 23.3. The number of hydrogen-bond acceptors (Lipinski definition) is 5. The molecule has 0 aromatic carbocycles. The standard InChI is InChI=1S/C22H25N7O2/c1-26-13-18(24-15-26)17-12-29(20(30)19-5-8-25-27(19)2)14-22(17)6-9-28(21(22)31)11-16-4-3-7-23-10-16/h3-5,7-8,10,13,15,17H,6,9,11-12,14H2,1-2H3/t17-,22-/m1/s1. The first-order chi connectivity index (χ1) is 15.0. The molecule has 2 aliphatic heterocycles. The van der Waals surface area contributed by atoms with Crippen molar-refractivity contribution in [2.75, 3.05) is 19.6 Å². The van der Waals surface area contributed by atoms with E-state index in [4.69, 9.17) is 0 Å². The van der Waals surface area contributed by atoms with Crippen LogP contribution >= 0.6 is 0 Å². The van der Waals surface area contributed by atoms with Crippen LogP contribution < -0.4 is 0 Å². The van der Waals surface area contributed by atoms with Crippen molar-refractivity contribution in [3.63, 3.8) is 0 Å². The number of pyridine rings is 1. The summed E-state index contributed by atoms with van der Waals surface area (Å²) in [6.45, 7) is 2.04. The van der Waals surface area contributed by atoms with E-state index in [1.807, 2.05) is 34.8 Å². The van der Waals surface area contributed by atoms with Crippen LogP contribution in [-0.2, 0) is 25.4 Å². The van der Waals surface area contributed by atoms with Gasteiger partial charge in [0, 0.05) is 71.0 Å². The predicted octanol–water partition coefficient (Wildman–Crippen LogP) is 1.21. The second-order valence-electron chi connectivity index (χ2n) is 8.54. The van der Waals surface area contributed by atoms with Crippen molar-refractivity contribution < 1.29 is 9.59 Å². The summed E-state index contributed by atoms with van der Waals surface area (Å²) in [6.07, 6.45) is 9.55. The molecule has 2 saturated heterocycles. The van der Waals surface area contributed by atoms with Gasteiger partial charge in [0.1, 0.15) is 5.69 Å². The first-order valence-electron chi connectivity index (χ1n) is 10.4. The Bertz CT molecular complexity index is 1120. The lowest BCUT2D eigenvalue weighted by Crippen LogP contribution is -2.40. The Labute approximate surface area is 180 Å². The van der Waals surface area contributed by atoms with E-state index in [1.165, 1.54) is 0 Å². The molecule has 3 aromatic heterocycles. The fourth-order valence-electron chi connectivity index (χ4n) is 4.99. The van der Waals surface area contributed by atoms with Gasteiger partial charge >= 0.3 is 0 Å². The molecule has 0 saturated carbocycles. The minimum absolute atomic E-state index is 0.0901. The molecule has 31 heavy (non-hydrogen) atoms. The van der Waals surface area contributed by atoms with E-state index in [2.05, 4.69) is 15.1 Å². The van der Waals surface area contributed by atoms with Crippen molar-refractivity contribution in [2.45, 2.75) is 18.9 Å². The molecule has 3 aromatic rings. The van der Waals surface area contributed by atoms with Crippen LogP contribution in [0.25, 0.3) is 0 Å². The Morgan fingerprint density at radius 1 is 1.26 bits per heavy atom. The quantitative estimate of drug-likeness (QED) is 0.634. The molecule has 1 spiro atoms. The molecule has 0 bridgehead atoms. The molecule has 5 rings (SSSR count). The Kier molecular flexibility index (Phi) is 4.60. The van der Waals surface area contributed by atoms with Crippen LogP contribution in [0.2, 0.25) is 0 Å². The SMILES string of the molecule is Cn1cnc([C@H]2CN(C(=O)c3ccnn3C)C[C@]23CCN(Cc2cccnc2)C3=O)c1. The molecule has 9 nitrogen and oxygen atoms in total. The maximum atomic E-state index is 13.8. The number of carbonyl (C=O) groups excluding carboxylic acids is 2. The third-order valence-corrected chi connectivity index (χ3v) is 6.59. The van der Waals surface area contributed by atoms with Gasteiger partial charge in [-0.05, 0) is 24.1 Å². The summed E-state index contributed by atoms with van der Waals surface area (Å²) >= 11 is 0. The summed E-state index contributed by atoms with van der Waals surface area (Å²) in [6, 6.07) is 5.58.